The lowest BCUT2D eigenvalue weighted by Crippen LogP contribution is -2.37. The highest BCUT2D eigenvalue weighted by Crippen LogP contribution is 2.21. The maximum atomic E-state index is 2.55. The van der Waals surface area contributed by atoms with Crippen LogP contribution in [-0.4, -0.2) is 56.0 Å². The van der Waals surface area contributed by atoms with Crippen molar-refractivity contribution in [3.8, 4) is 0 Å². The van der Waals surface area contributed by atoms with Gasteiger partial charge in [-0.05, 0) is 38.1 Å². The van der Waals surface area contributed by atoms with E-state index in [2.05, 4.69) is 82.0 Å². The molecule has 2 fully saturated rings. The van der Waals surface area contributed by atoms with Crippen molar-refractivity contribution in [1.82, 2.24) is 9.80 Å². The standard InChI is InChI=1S/C21H28N4/c1-18-3-7-20(8-4-18)24-13-11-22(16-24)15-23-12-14-25(17-23)21-9-5-19(2)6-10-21/h3-10H,11-17H2,1-2H3. The van der Waals surface area contributed by atoms with E-state index in [0.717, 1.165) is 46.2 Å². The van der Waals surface area contributed by atoms with Gasteiger partial charge in [0, 0.05) is 37.6 Å². The summed E-state index contributed by atoms with van der Waals surface area (Å²) >= 11 is 0. The number of nitrogens with zero attached hydrogens (tertiary/aromatic N) is 4. The molecule has 0 unspecified atom stereocenters. The van der Waals surface area contributed by atoms with Crippen molar-refractivity contribution in [3.63, 3.8) is 0 Å². The average molecular weight is 336 g/mol. The van der Waals surface area contributed by atoms with Gasteiger partial charge in [-0.1, -0.05) is 35.4 Å². The molecule has 0 N–H and O–H groups in total. The quantitative estimate of drug-likeness (QED) is 0.850. The van der Waals surface area contributed by atoms with Crippen LogP contribution in [0.5, 0.6) is 0 Å². The summed E-state index contributed by atoms with van der Waals surface area (Å²) in [7, 11) is 0. The van der Waals surface area contributed by atoms with Crippen LogP contribution < -0.4 is 9.80 Å². The van der Waals surface area contributed by atoms with Crippen LogP contribution in [0.3, 0.4) is 0 Å². The van der Waals surface area contributed by atoms with Gasteiger partial charge in [0.25, 0.3) is 0 Å². The first-order valence-electron chi connectivity index (χ1n) is 9.25. The number of aryl methyl sites for hydroxylation is 2. The predicted octanol–water partition coefficient (Wildman–Crippen LogP) is 3.12. The van der Waals surface area contributed by atoms with Gasteiger partial charge in [0.15, 0.2) is 0 Å². The van der Waals surface area contributed by atoms with Crippen molar-refractivity contribution < 1.29 is 0 Å². The van der Waals surface area contributed by atoms with Crippen molar-refractivity contribution in [1.29, 1.82) is 0 Å². The Balaban J connectivity index is 1.30. The summed E-state index contributed by atoms with van der Waals surface area (Å²) in [5, 5.41) is 0. The Morgan fingerprint density at radius 3 is 1.40 bits per heavy atom. The molecule has 0 aromatic heterocycles. The van der Waals surface area contributed by atoms with E-state index in [4.69, 9.17) is 0 Å². The maximum Gasteiger partial charge on any atom is 0.0718 e. The van der Waals surface area contributed by atoms with Crippen molar-refractivity contribution in [3.05, 3.63) is 59.7 Å². The SMILES string of the molecule is Cc1ccc(N2CCN(CN3CCN(c4ccc(C)cc4)C3)C2)cc1. The first-order valence-corrected chi connectivity index (χ1v) is 9.25. The van der Waals surface area contributed by atoms with Crippen molar-refractivity contribution in [2.45, 2.75) is 13.8 Å². The molecular weight excluding hydrogens is 308 g/mol. The first-order chi connectivity index (χ1) is 12.2. The lowest BCUT2D eigenvalue weighted by Gasteiger charge is -2.25. The molecule has 2 aromatic carbocycles. The highest BCUT2D eigenvalue weighted by molar-refractivity contribution is 5.49. The normalized spacial score (nSPS) is 19.1. The highest BCUT2D eigenvalue weighted by Gasteiger charge is 2.26. The molecule has 0 saturated carbocycles. The largest absolute Gasteiger partial charge is 0.357 e. The molecule has 0 atom stereocenters. The van der Waals surface area contributed by atoms with E-state index in [0.29, 0.717) is 0 Å². The van der Waals surface area contributed by atoms with Crippen LogP contribution >= 0.6 is 0 Å². The first kappa shape index (κ1) is 16.4. The molecule has 2 aliphatic heterocycles. The second-order valence-corrected chi connectivity index (χ2v) is 7.41. The third kappa shape index (κ3) is 3.80. The van der Waals surface area contributed by atoms with Crippen molar-refractivity contribution in [2.24, 2.45) is 0 Å². The van der Waals surface area contributed by atoms with Gasteiger partial charge in [-0.15, -0.1) is 0 Å². The zero-order valence-electron chi connectivity index (χ0n) is 15.4. The van der Waals surface area contributed by atoms with Crippen LogP contribution in [0.2, 0.25) is 0 Å². The highest BCUT2D eigenvalue weighted by atomic mass is 15.5. The molecule has 0 spiro atoms. The summed E-state index contributed by atoms with van der Waals surface area (Å²) in [5.74, 6) is 0. The molecule has 25 heavy (non-hydrogen) atoms. The molecule has 4 nitrogen and oxygen atoms in total. The molecule has 2 aliphatic rings. The fraction of sp³-hybridized carbons (Fsp3) is 0.429. The van der Waals surface area contributed by atoms with E-state index in [1.165, 1.54) is 22.5 Å². The molecule has 0 bridgehead atoms. The maximum absolute atomic E-state index is 2.55. The number of hydrogen-bond donors (Lipinski definition) is 0. The molecule has 0 radical (unpaired) electrons. The Morgan fingerprint density at radius 1 is 0.600 bits per heavy atom. The van der Waals surface area contributed by atoms with Gasteiger partial charge in [-0.2, -0.15) is 0 Å². The Kier molecular flexibility index (Phi) is 4.64. The van der Waals surface area contributed by atoms with Crippen LogP contribution in [0.25, 0.3) is 0 Å². The van der Waals surface area contributed by atoms with Gasteiger partial charge in [0.05, 0.1) is 20.0 Å². The Hall–Kier alpha value is -2.04. The average Bonchev–Trinajstić information content (AvgIpc) is 3.27. The van der Waals surface area contributed by atoms with Crippen LogP contribution in [0.1, 0.15) is 11.1 Å². The van der Waals surface area contributed by atoms with Gasteiger partial charge < -0.3 is 9.80 Å². The molecule has 4 heteroatoms. The Labute approximate surface area is 151 Å². The van der Waals surface area contributed by atoms with Crippen molar-refractivity contribution >= 4 is 11.4 Å². The Bertz CT molecular complexity index is 633. The van der Waals surface area contributed by atoms with E-state index in [1.807, 2.05) is 0 Å². The smallest absolute Gasteiger partial charge is 0.0718 e. The molecule has 0 amide bonds. The van der Waals surface area contributed by atoms with E-state index in [1.54, 1.807) is 0 Å². The number of benzene rings is 2. The second kappa shape index (κ2) is 7.06. The molecule has 2 aromatic rings. The summed E-state index contributed by atoms with van der Waals surface area (Å²) in [6.45, 7) is 12.0. The summed E-state index contributed by atoms with van der Waals surface area (Å²) in [4.78, 5) is 10.1. The monoisotopic (exact) mass is 336 g/mol. The second-order valence-electron chi connectivity index (χ2n) is 7.41. The minimum atomic E-state index is 1.03. The Morgan fingerprint density at radius 2 is 1.00 bits per heavy atom. The van der Waals surface area contributed by atoms with Crippen LogP contribution in [0, 0.1) is 13.8 Å². The zero-order valence-corrected chi connectivity index (χ0v) is 15.4. The molecule has 2 heterocycles. The zero-order chi connectivity index (χ0) is 17.2. The van der Waals surface area contributed by atoms with Crippen LogP contribution in [-0.2, 0) is 0 Å². The fourth-order valence-electron chi connectivity index (χ4n) is 3.74. The minimum Gasteiger partial charge on any atom is -0.357 e. The van der Waals surface area contributed by atoms with Gasteiger partial charge in [0.1, 0.15) is 0 Å². The summed E-state index contributed by atoms with van der Waals surface area (Å²) in [5.41, 5.74) is 5.34. The number of anilines is 2. The lowest BCUT2D eigenvalue weighted by atomic mass is 10.2. The van der Waals surface area contributed by atoms with Crippen LogP contribution in [0.4, 0.5) is 11.4 Å². The molecule has 0 aliphatic carbocycles. The van der Waals surface area contributed by atoms with E-state index in [-0.39, 0.29) is 0 Å². The van der Waals surface area contributed by atoms with Crippen molar-refractivity contribution in [2.75, 3.05) is 56.0 Å². The third-order valence-corrected chi connectivity index (χ3v) is 5.31. The molecule has 132 valence electrons. The van der Waals surface area contributed by atoms with E-state index in [9.17, 15) is 0 Å². The molecule has 4 rings (SSSR count). The van der Waals surface area contributed by atoms with Gasteiger partial charge in [-0.25, -0.2) is 0 Å². The summed E-state index contributed by atoms with van der Waals surface area (Å²) in [6, 6.07) is 17.8. The van der Waals surface area contributed by atoms with E-state index >= 15 is 0 Å². The third-order valence-electron chi connectivity index (χ3n) is 5.31. The van der Waals surface area contributed by atoms with Crippen LogP contribution in [0.15, 0.2) is 48.5 Å². The number of hydrogen-bond acceptors (Lipinski definition) is 4. The van der Waals surface area contributed by atoms with Gasteiger partial charge >= 0.3 is 0 Å². The summed E-state index contributed by atoms with van der Waals surface area (Å²) < 4.78 is 0. The summed E-state index contributed by atoms with van der Waals surface area (Å²) in [6.07, 6.45) is 0. The molecular formula is C21H28N4. The topological polar surface area (TPSA) is 13.0 Å². The lowest BCUT2D eigenvalue weighted by molar-refractivity contribution is 0.184. The van der Waals surface area contributed by atoms with Gasteiger partial charge in [0.2, 0.25) is 0 Å². The predicted molar refractivity (Wildman–Crippen MR) is 105 cm³/mol. The van der Waals surface area contributed by atoms with E-state index < -0.39 is 0 Å². The minimum absolute atomic E-state index is 1.03. The van der Waals surface area contributed by atoms with Gasteiger partial charge in [-0.3, -0.25) is 9.80 Å². The molecule has 2 saturated heterocycles. The fourth-order valence-corrected chi connectivity index (χ4v) is 3.74. The number of rotatable bonds is 4.